The maximum Gasteiger partial charge on any atom is 0.241 e. The number of nitrogens with zero attached hydrogens (tertiary/aromatic N) is 3. The summed E-state index contributed by atoms with van der Waals surface area (Å²) >= 11 is 6.07. The molecule has 7 heteroatoms. The molecule has 0 aliphatic carbocycles. The third-order valence-corrected chi connectivity index (χ3v) is 6.53. The SMILES string of the molecule is CCC(CNC(=O)C1CCCN(Cc2nc(-c3cccc(Cl)c3)no2)C1)Cc1ccccc1. The number of aromatic nitrogens is 2. The highest BCUT2D eigenvalue weighted by Gasteiger charge is 2.27. The number of halogens is 1. The number of amides is 1. The van der Waals surface area contributed by atoms with Crippen molar-refractivity contribution in [1.82, 2.24) is 20.4 Å². The van der Waals surface area contributed by atoms with Gasteiger partial charge in [-0.3, -0.25) is 9.69 Å². The molecule has 1 saturated heterocycles. The van der Waals surface area contributed by atoms with Crippen LogP contribution in [-0.2, 0) is 17.8 Å². The van der Waals surface area contributed by atoms with Crippen LogP contribution in [0.3, 0.4) is 0 Å². The monoisotopic (exact) mass is 466 g/mol. The van der Waals surface area contributed by atoms with E-state index in [2.05, 4.69) is 51.5 Å². The molecule has 4 rings (SSSR count). The first kappa shape index (κ1) is 23.5. The predicted molar refractivity (Wildman–Crippen MR) is 130 cm³/mol. The van der Waals surface area contributed by atoms with Gasteiger partial charge in [-0.1, -0.05) is 72.6 Å². The van der Waals surface area contributed by atoms with Crippen LogP contribution in [0.25, 0.3) is 11.4 Å². The van der Waals surface area contributed by atoms with Crippen LogP contribution < -0.4 is 5.32 Å². The second kappa shape index (κ2) is 11.4. The molecule has 1 aliphatic heterocycles. The molecule has 174 valence electrons. The highest BCUT2D eigenvalue weighted by molar-refractivity contribution is 6.30. The van der Waals surface area contributed by atoms with Crippen molar-refractivity contribution in [1.29, 1.82) is 0 Å². The van der Waals surface area contributed by atoms with Gasteiger partial charge in [0.2, 0.25) is 17.6 Å². The minimum Gasteiger partial charge on any atom is -0.356 e. The van der Waals surface area contributed by atoms with E-state index in [1.165, 1.54) is 5.56 Å². The molecule has 1 aromatic heterocycles. The van der Waals surface area contributed by atoms with Gasteiger partial charge < -0.3 is 9.84 Å². The number of hydrogen-bond donors (Lipinski definition) is 1. The number of piperidine rings is 1. The average Bonchev–Trinajstić information content (AvgIpc) is 3.31. The van der Waals surface area contributed by atoms with Crippen LogP contribution in [0.4, 0.5) is 0 Å². The van der Waals surface area contributed by atoms with Gasteiger partial charge in [-0.2, -0.15) is 4.98 Å². The molecule has 1 fully saturated rings. The summed E-state index contributed by atoms with van der Waals surface area (Å²) in [6.07, 6.45) is 3.92. The number of benzene rings is 2. The van der Waals surface area contributed by atoms with E-state index in [0.717, 1.165) is 37.8 Å². The van der Waals surface area contributed by atoms with Crippen molar-refractivity contribution in [2.24, 2.45) is 11.8 Å². The molecule has 1 aliphatic rings. The summed E-state index contributed by atoms with van der Waals surface area (Å²) in [7, 11) is 0. The second-order valence-electron chi connectivity index (χ2n) is 8.81. The van der Waals surface area contributed by atoms with Crippen molar-refractivity contribution < 1.29 is 9.32 Å². The fourth-order valence-electron chi connectivity index (χ4n) is 4.37. The Morgan fingerprint density at radius 2 is 2.09 bits per heavy atom. The van der Waals surface area contributed by atoms with E-state index in [0.29, 0.717) is 42.3 Å². The lowest BCUT2D eigenvalue weighted by atomic mass is 9.95. The fraction of sp³-hybridized carbons (Fsp3) is 0.423. The molecular formula is C26H31ClN4O2. The summed E-state index contributed by atoms with van der Waals surface area (Å²) in [6.45, 7) is 5.07. The van der Waals surface area contributed by atoms with Crippen molar-refractivity contribution in [2.45, 2.75) is 39.2 Å². The molecule has 2 atom stereocenters. The Labute approximate surface area is 200 Å². The number of carbonyl (C=O) groups excluding carboxylic acids is 1. The first-order valence-corrected chi connectivity index (χ1v) is 12.1. The largest absolute Gasteiger partial charge is 0.356 e. The Morgan fingerprint density at radius 3 is 2.88 bits per heavy atom. The lowest BCUT2D eigenvalue weighted by molar-refractivity contribution is -0.127. The molecule has 0 bridgehead atoms. The number of hydrogen-bond acceptors (Lipinski definition) is 5. The molecule has 1 amide bonds. The standard InChI is InChI=1S/C26H31ClN4O2/c1-2-19(14-20-8-4-3-5-9-20)16-28-26(32)22-11-7-13-31(17-22)18-24-29-25(30-33-24)21-10-6-12-23(27)15-21/h3-6,8-10,12,15,19,22H,2,7,11,13-14,16-18H2,1H3,(H,28,32). The minimum absolute atomic E-state index is 0.0108. The van der Waals surface area contributed by atoms with E-state index in [-0.39, 0.29) is 11.8 Å². The van der Waals surface area contributed by atoms with Crippen LogP contribution in [0.2, 0.25) is 5.02 Å². The summed E-state index contributed by atoms with van der Waals surface area (Å²) < 4.78 is 5.46. The molecule has 3 aromatic rings. The first-order chi connectivity index (χ1) is 16.1. The van der Waals surface area contributed by atoms with Crippen molar-refractivity contribution in [2.75, 3.05) is 19.6 Å². The molecule has 2 unspecified atom stereocenters. The molecule has 0 saturated carbocycles. The van der Waals surface area contributed by atoms with Crippen LogP contribution in [0.1, 0.15) is 37.6 Å². The van der Waals surface area contributed by atoms with E-state index >= 15 is 0 Å². The molecule has 0 radical (unpaired) electrons. The van der Waals surface area contributed by atoms with Gasteiger partial charge in [-0.25, -0.2) is 0 Å². The lowest BCUT2D eigenvalue weighted by Gasteiger charge is -2.31. The summed E-state index contributed by atoms with van der Waals surface area (Å²) in [5, 5.41) is 7.94. The lowest BCUT2D eigenvalue weighted by Crippen LogP contribution is -2.43. The Kier molecular flexibility index (Phi) is 8.13. The zero-order chi connectivity index (χ0) is 23.0. The molecule has 33 heavy (non-hydrogen) atoms. The third kappa shape index (κ3) is 6.65. The Morgan fingerprint density at radius 1 is 1.24 bits per heavy atom. The topological polar surface area (TPSA) is 71.3 Å². The minimum atomic E-state index is -0.0108. The summed E-state index contributed by atoms with van der Waals surface area (Å²) in [5.74, 6) is 1.67. The fourth-order valence-corrected chi connectivity index (χ4v) is 4.56. The third-order valence-electron chi connectivity index (χ3n) is 6.30. The molecular weight excluding hydrogens is 436 g/mol. The molecule has 2 heterocycles. The van der Waals surface area contributed by atoms with E-state index in [1.807, 2.05) is 30.3 Å². The highest BCUT2D eigenvalue weighted by atomic mass is 35.5. The number of nitrogens with one attached hydrogen (secondary N) is 1. The molecule has 6 nitrogen and oxygen atoms in total. The van der Waals surface area contributed by atoms with Crippen molar-refractivity contribution >= 4 is 17.5 Å². The molecule has 0 spiro atoms. The molecule has 2 aromatic carbocycles. The van der Waals surface area contributed by atoms with Crippen molar-refractivity contribution in [3.8, 4) is 11.4 Å². The van der Waals surface area contributed by atoms with E-state index in [4.69, 9.17) is 16.1 Å². The first-order valence-electron chi connectivity index (χ1n) is 11.7. The Balaban J connectivity index is 1.28. The van der Waals surface area contributed by atoms with E-state index in [9.17, 15) is 4.79 Å². The number of carbonyl (C=O) groups is 1. The van der Waals surface area contributed by atoms with Gasteiger partial charge in [0.15, 0.2) is 0 Å². The second-order valence-corrected chi connectivity index (χ2v) is 9.24. The zero-order valence-corrected chi connectivity index (χ0v) is 19.8. The van der Waals surface area contributed by atoms with Crippen LogP contribution >= 0.6 is 11.6 Å². The normalized spacial score (nSPS) is 17.6. The number of rotatable bonds is 9. The van der Waals surface area contributed by atoms with Crippen LogP contribution in [0.5, 0.6) is 0 Å². The summed E-state index contributed by atoms with van der Waals surface area (Å²) in [6, 6.07) is 17.9. The average molecular weight is 467 g/mol. The molecule has 1 N–H and O–H groups in total. The van der Waals surface area contributed by atoms with Gasteiger partial charge in [0.25, 0.3) is 0 Å². The number of likely N-dealkylation sites (tertiary alicyclic amines) is 1. The van der Waals surface area contributed by atoms with Gasteiger partial charge in [0.1, 0.15) is 0 Å². The van der Waals surface area contributed by atoms with Gasteiger partial charge >= 0.3 is 0 Å². The predicted octanol–water partition coefficient (Wildman–Crippen LogP) is 4.99. The van der Waals surface area contributed by atoms with Gasteiger partial charge in [0.05, 0.1) is 12.5 Å². The van der Waals surface area contributed by atoms with Gasteiger partial charge in [-0.05, 0) is 49.4 Å². The van der Waals surface area contributed by atoms with Gasteiger partial charge in [-0.15, -0.1) is 0 Å². The van der Waals surface area contributed by atoms with E-state index in [1.54, 1.807) is 0 Å². The Hall–Kier alpha value is -2.70. The maximum atomic E-state index is 12.9. The summed E-state index contributed by atoms with van der Waals surface area (Å²) in [4.78, 5) is 19.6. The van der Waals surface area contributed by atoms with Crippen molar-refractivity contribution in [3.63, 3.8) is 0 Å². The maximum absolute atomic E-state index is 12.9. The van der Waals surface area contributed by atoms with Crippen molar-refractivity contribution in [3.05, 3.63) is 71.1 Å². The van der Waals surface area contributed by atoms with E-state index < -0.39 is 0 Å². The highest BCUT2D eigenvalue weighted by Crippen LogP contribution is 2.22. The smallest absolute Gasteiger partial charge is 0.241 e. The van der Waals surface area contributed by atoms with Gasteiger partial charge in [0, 0.05) is 23.7 Å². The van der Waals surface area contributed by atoms with Crippen LogP contribution in [0, 0.1) is 11.8 Å². The zero-order valence-electron chi connectivity index (χ0n) is 19.0. The quantitative estimate of drug-likeness (QED) is 0.481. The van der Waals surface area contributed by atoms with Crippen LogP contribution in [-0.4, -0.2) is 40.6 Å². The summed E-state index contributed by atoms with van der Waals surface area (Å²) in [5.41, 5.74) is 2.15. The van der Waals surface area contributed by atoms with Crippen LogP contribution in [0.15, 0.2) is 59.1 Å². The Bertz CT molecular complexity index is 1040.